The van der Waals surface area contributed by atoms with Gasteiger partial charge in [-0.1, -0.05) is 17.3 Å². The van der Waals surface area contributed by atoms with E-state index < -0.39 is 15.7 Å². The first-order valence-corrected chi connectivity index (χ1v) is 9.19. The van der Waals surface area contributed by atoms with Crippen molar-refractivity contribution < 1.29 is 18.8 Å². The second-order valence-electron chi connectivity index (χ2n) is 6.94. The fourth-order valence-corrected chi connectivity index (χ4v) is 3.58. The number of halogens is 1. The maximum atomic E-state index is 13.4. The molecular weight excluding hydrogens is 397 g/mol. The molecule has 0 radical (unpaired) electrons. The highest BCUT2D eigenvalue weighted by molar-refractivity contribution is 5.67. The number of benzene rings is 2. The Labute approximate surface area is 169 Å². The van der Waals surface area contributed by atoms with Crippen molar-refractivity contribution >= 4 is 17.1 Å². The maximum absolute atomic E-state index is 13.4. The zero-order valence-electron chi connectivity index (χ0n) is 15.6. The van der Waals surface area contributed by atoms with E-state index in [-0.39, 0.29) is 23.1 Å². The Kier molecular flexibility index (Phi) is 5.09. The zero-order chi connectivity index (χ0) is 21.3. The van der Waals surface area contributed by atoms with Crippen LogP contribution in [0.1, 0.15) is 24.7 Å². The van der Waals surface area contributed by atoms with Gasteiger partial charge < -0.3 is 9.42 Å². The Hall–Kier alpha value is -3.89. The Morgan fingerprint density at radius 2 is 1.97 bits per heavy atom. The summed E-state index contributed by atoms with van der Waals surface area (Å²) in [7, 11) is 0. The number of nitro groups is 2. The molecule has 11 heteroatoms. The molecule has 2 heterocycles. The van der Waals surface area contributed by atoms with Crippen molar-refractivity contribution in [1.82, 2.24) is 10.1 Å². The second kappa shape index (κ2) is 7.85. The van der Waals surface area contributed by atoms with Crippen molar-refractivity contribution in [3.63, 3.8) is 0 Å². The highest BCUT2D eigenvalue weighted by Gasteiger charge is 2.30. The molecule has 4 rings (SSSR count). The predicted molar refractivity (Wildman–Crippen MR) is 104 cm³/mol. The molecule has 1 aliphatic rings. The fourth-order valence-electron chi connectivity index (χ4n) is 3.58. The number of anilines is 1. The van der Waals surface area contributed by atoms with Crippen molar-refractivity contribution in [2.75, 3.05) is 18.0 Å². The minimum absolute atomic E-state index is 0.177. The van der Waals surface area contributed by atoms with Gasteiger partial charge in [-0.25, -0.2) is 4.39 Å². The fraction of sp³-hybridized carbons (Fsp3) is 0.263. The van der Waals surface area contributed by atoms with E-state index in [1.165, 1.54) is 24.3 Å². The van der Waals surface area contributed by atoms with Crippen LogP contribution in [0.2, 0.25) is 0 Å². The van der Waals surface area contributed by atoms with E-state index in [2.05, 4.69) is 10.1 Å². The molecule has 1 saturated heterocycles. The lowest BCUT2D eigenvalue weighted by Crippen LogP contribution is -2.34. The summed E-state index contributed by atoms with van der Waals surface area (Å²) < 4.78 is 18.8. The van der Waals surface area contributed by atoms with Crippen LogP contribution in [0.15, 0.2) is 47.0 Å². The average molecular weight is 413 g/mol. The Balaban J connectivity index is 1.59. The van der Waals surface area contributed by atoms with Crippen LogP contribution >= 0.6 is 0 Å². The first-order chi connectivity index (χ1) is 14.4. The van der Waals surface area contributed by atoms with Crippen molar-refractivity contribution in [2.45, 2.75) is 18.8 Å². The molecule has 2 aromatic carbocycles. The molecule has 0 bridgehead atoms. The summed E-state index contributed by atoms with van der Waals surface area (Å²) in [6.45, 7) is 0.934. The van der Waals surface area contributed by atoms with Gasteiger partial charge in [-0.2, -0.15) is 4.98 Å². The van der Waals surface area contributed by atoms with Gasteiger partial charge in [-0.15, -0.1) is 0 Å². The van der Waals surface area contributed by atoms with Gasteiger partial charge >= 0.3 is 0 Å². The van der Waals surface area contributed by atoms with Crippen molar-refractivity contribution in [2.24, 2.45) is 0 Å². The number of rotatable bonds is 5. The molecule has 0 spiro atoms. The molecule has 10 nitrogen and oxygen atoms in total. The lowest BCUT2D eigenvalue weighted by Gasteiger charge is -2.32. The molecule has 154 valence electrons. The summed E-state index contributed by atoms with van der Waals surface area (Å²) >= 11 is 0. The molecule has 1 fully saturated rings. The van der Waals surface area contributed by atoms with Crippen LogP contribution in [0.4, 0.5) is 21.5 Å². The van der Waals surface area contributed by atoms with Gasteiger partial charge in [0, 0.05) is 24.7 Å². The van der Waals surface area contributed by atoms with Gasteiger partial charge in [-0.05, 0) is 31.0 Å². The third kappa shape index (κ3) is 3.81. The minimum atomic E-state index is -0.665. The van der Waals surface area contributed by atoms with E-state index in [1.54, 1.807) is 17.0 Å². The minimum Gasteiger partial charge on any atom is -0.365 e. The zero-order valence-corrected chi connectivity index (χ0v) is 15.6. The lowest BCUT2D eigenvalue weighted by atomic mass is 9.97. The maximum Gasteiger partial charge on any atom is 0.299 e. The summed E-state index contributed by atoms with van der Waals surface area (Å²) in [5.41, 5.74) is 0.135. The van der Waals surface area contributed by atoms with Crippen LogP contribution in [0.3, 0.4) is 0 Å². The summed E-state index contributed by atoms with van der Waals surface area (Å²) in [6.07, 6.45) is 1.46. The Morgan fingerprint density at radius 1 is 1.13 bits per heavy atom. The second-order valence-corrected chi connectivity index (χ2v) is 6.94. The number of hydrogen-bond acceptors (Lipinski definition) is 8. The monoisotopic (exact) mass is 413 g/mol. The summed E-state index contributed by atoms with van der Waals surface area (Å²) in [5, 5.41) is 26.3. The first-order valence-electron chi connectivity index (χ1n) is 9.19. The third-order valence-electron chi connectivity index (χ3n) is 5.00. The highest BCUT2D eigenvalue weighted by atomic mass is 19.1. The number of non-ortho nitro benzene ring substituents is 1. The molecule has 1 aliphatic heterocycles. The molecule has 1 aromatic heterocycles. The Morgan fingerprint density at radius 3 is 2.70 bits per heavy atom. The van der Waals surface area contributed by atoms with Gasteiger partial charge in [0.1, 0.15) is 11.5 Å². The molecule has 0 N–H and O–H groups in total. The van der Waals surface area contributed by atoms with E-state index in [4.69, 9.17) is 4.52 Å². The molecule has 0 amide bonds. The van der Waals surface area contributed by atoms with Crippen molar-refractivity contribution in [3.05, 3.63) is 74.4 Å². The number of piperidine rings is 1. The van der Waals surface area contributed by atoms with Crippen LogP contribution in [0.25, 0.3) is 11.4 Å². The summed E-state index contributed by atoms with van der Waals surface area (Å²) in [4.78, 5) is 27.3. The number of hydrogen-bond donors (Lipinski definition) is 0. The molecule has 1 atom stereocenters. The molecule has 3 aromatic rings. The standard InChI is InChI=1S/C19H16FN5O5/c20-14-5-1-3-12(9-14)18-21-19(30-22-18)13-4-2-8-23(11-13)16-7-6-15(24(26)27)10-17(16)25(28)29/h1,3,5-7,9-10,13H,2,4,8,11H2. The highest BCUT2D eigenvalue weighted by Crippen LogP contribution is 2.36. The van der Waals surface area contributed by atoms with E-state index >= 15 is 0 Å². The van der Waals surface area contributed by atoms with Crippen LogP contribution in [0, 0.1) is 26.0 Å². The summed E-state index contributed by atoms with van der Waals surface area (Å²) in [5.74, 6) is 0.0444. The Bertz CT molecular complexity index is 1120. The van der Waals surface area contributed by atoms with Gasteiger partial charge in [0.15, 0.2) is 0 Å². The molecule has 30 heavy (non-hydrogen) atoms. The lowest BCUT2D eigenvalue weighted by molar-refractivity contribution is -0.393. The van der Waals surface area contributed by atoms with Crippen molar-refractivity contribution in [1.29, 1.82) is 0 Å². The number of nitro benzene ring substituents is 2. The third-order valence-corrected chi connectivity index (χ3v) is 5.00. The van der Waals surface area contributed by atoms with Gasteiger partial charge in [0.2, 0.25) is 11.7 Å². The van der Waals surface area contributed by atoms with Crippen LogP contribution in [0.5, 0.6) is 0 Å². The van der Waals surface area contributed by atoms with Crippen LogP contribution < -0.4 is 4.90 Å². The topological polar surface area (TPSA) is 128 Å². The van der Waals surface area contributed by atoms with Crippen molar-refractivity contribution in [3.8, 4) is 11.4 Å². The molecule has 0 aliphatic carbocycles. The van der Waals surface area contributed by atoms with E-state index in [1.807, 2.05) is 0 Å². The predicted octanol–water partition coefficient (Wildman–Crippen LogP) is 4.08. The quantitative estimate of drug-likeness (QED) is 0.452. The normalized spacial score (nSPS) is 16.4. The SMILES string of the molecule is O=[N+]([O-])c1ccc(N2CCCC(c3nc(-c4cccc(F)c4)no3)C2)c([N+](=O)[O-])c1. The first kappa shape index (κ1) is 19.4. The van der Waals surface area contributed by atoms with Crippen LogP contribution in [-0.4, -0.2) is 33.1 Å². The molecule has 0 saturated carbocycles. The van der Waals surface area contributed by atoms with Gasteiger partial charge in [0.25, 0.3) is 11.4 Å². The van der Waals surface area contributed by atoms with E-state index in [9.17, 15) is 24.6 Å². The number of aromatic nitrogens is 2. The van der Waals surface area contributed by atoms with E-state index in [0.29, 0.717) is 30.2 Å². The molecule has 1 unspecified atom stereocenters. The summed E-state index contributed by atoms with van der Waals surface area (Å²) in [6, 6.07) is 9.46. The number of nitrogens with zero attached hydrogens (tertiary/aromatic N) is 5. The van der Waals surface area contributed by atoms with Gasteiger partial charge in [-0.3, -0.25) is 20.2 Å². The van der Waals surface area contributed by atoms with E-state index in [0.717, 1.165) is 18.9 Å². The smallest absolute Gasteiger partial charge is 0.299 e. The average Bonchev–Trinajstić information content (AvgIpc) is 3.24. The van der Waals surface area contributed by atoms with Crippen LogP contribution in [-0.2, 0) is 0 Å². The largest absolute Gasteiger partial charge is 0.365 e. The van der Waals surface area contributed by atoms with Gasteiger partial charge in [0.05, 0.1) is 21.8 Å². The molecular formula is C19H16FN5O5.